The molecule has 27 heavy (non-hydrogen) atoms. The third-order valence-corrected chi connectivity index (χ3v) is 4.74. The minimum Gasteiger partial charge on any atom is -0.406 e. The molecule has 0 aromatic heterocycles. The fourth-order valence-electron chi connectivity index (χ4n) is 3.34. The van der Waals surface area contributed by atoms with E-state index < -0.39 is 12.4 Å². The van der Waals surface area contributed by atoms with Crippen molar-refractivity contribution in [1.29, 1.82) is 0 Å². The van der Waals surface area contributed by atoms with Crippen molar-refractivity contribution in [3.05, 3.63) is 24.3 Å². The first-order valence-electron chi connectivity index (χ1n) is 9.38. The predicted octanol–water partition coefficient (Wildman–Crippen LogP) is 3.80. The molecule has 152 valence electrons. The van der Waals surface area contributed by atoms with Gasteiger partial charge in [-0.1, -0.05) is 32.1 Å². The summed E-state index contributed by atoms with van der Waals surface area (Å²) in [6, 6.07) is 4.78. The molecule has 1 aromatic carbocycles. The molecule has 0 aliphatic heterocycles. The number of ether oxygens (including phenoxy) is 1. The molecular weight excluding hydrogens is 359 g/mol. The fourth-order valence-corrected chi connectivity index (χ4v) is 3.34. The highest BCUT2D eigenvalue weighted by atomic mass is 19.4. The summed E-state index contributed by atoms with van der Waals surface area (Å²) < 4.78 is 40.3. The molecule has 1 aliphatic rings. The van der Waals surface area contributed by atoms with E-state index in [1.807, 2.05) is 6.92 Å². The van der Waals surface area contributed by atoms with E-state index >= 15 is 0 Å². The third-order valence-electron chi connectivity index (χ3n) is 4.74. The van der Waals surface area contributed by atoms with Gasteiger partial charge in [-0.05, 0) is 43.5 Å². The Morgan fingerprint density at radius 2 is 1.85 bits per heavy atom. The zero-order valence-corrected chi connectivity index (χ0v) is 15.5. The normalized spacial score (nSPS) is 17.8. The standard InChI is InChI=1S/C19H28F3N3O2/c1-13(25-18(26)17(23)11-14-5-3-2-4-6-14)12-24-15-7-9-16(10-8-15)27-19(20,21)22/h7-10,13-14,17,24H,2-6,11-12,23H2,1H3,(H,25,26)/t13?,17-/m0/s1. The van der Waals surface area contributed by atoms with Crippen LogP contribution in [-0.2, 0) is 4.79 Å². The SMILES string of the molecule is CC(CNc1ccc(OC(F)(F)F)cc1)NC(=O)[C@@H](N)CC1CCCCC1. The number of carbonyl (C=O) groups is 1. The Labute approximate surface area is 157 Å². The number of hydrogen-bond acceptors (Lipinski definition) is 4. The van der Waals surface area contributed by atoms with Gasteiger partial charge in [-0.2, -0.15) is 0 Å². The Balaban J connectivity index is 1.71. The lowest BCUT2D eigenvalue weighted by molar-refractivity contribution is -0.274. The van der Waals surface area contributed by atoms with Crippen molar-refractivity contribution in [2.75, 3.05) is 11.9 Å². The zero-order valence-electron chi connectivity index (χ0n) is 15.5. The summed E-state index contributed by atoms with van der Waals surface area (Å²) in [6.07, 6.45) is 2.00. The van der Waals surface area contributed by atoms with Crippen molar-refractivity contribution < 1.29 is 22.7 Å². The Morgan fingerprint density at radius 1 is 1.22 bits per heavy atom. The maximum Gasteiger partial charge on any atom is 0.573 e. The molecule has 2 rings (SSSR count). The van der Waals surface area contributed by atoms with E-state index in [0.717, 1.165) is 12.8 Å². The zero-order chi connectivity index (χ0) is 19.9. The van der Waals surface area contributed by atoms with Crippen molar-refractivity contribution in [3.63, 3.8) is 0 Å². The van der Waals surface area contributed by atoms with Gasteiger partial charge in [-0.3, -0.25) is 4.79 Å². The summed E-state index contributed by atoms with van der Waals surface area (Å²) in [5, 5.41) is 5.95. The number of amides is 1. The van der Waals surface area contributed by atoms with Crippen LogP contribution in [-0.4, -0.2) is 30.9 Å². The quantitative estimate of drug-likeness (QED) is 0.634. The molecule has 4 N–H and O–H groups in total. The third kappa shape index (κ3) is 8.07. The van der Waals surface area contributed by atoms with Gasteiger partial charge in [0.15, 0.2) is 0 Å². The van der Waals surface area contributed by atoms with Gasteiger partial charge in [0.2, 0.25) is 5.91 Å². The topological polar surface area (TPSA) is 76.4 Å². The van der Waals surface area contributed by atoms with E-state index in [1.165, 1.54) is 43.5 Å². The largest absolute Gasteiger partial charge is 0.573 e. The summed E-state index contributed by atoms with van der Waals surface area (Å²) in [7, 11) is 0. The van der Waals surface area contributed by atoms with Crippen LogP contribution in [0.15, 0.2) is 24.3 Å². The van der Waals surface area contributed by atoms with E-state index in [0.29, 0.717) is 24.6 Å². The molecule has 1 fully saturated rings. The van der Waals surface area contributed by atoms with Gasteiger partial charge in [0.05, 0.1) is 6.04 Å². The van der Waals surface area contributed by atoms with Crippen LogP contribution in [0, 0.1) is 5.92 Å². The van der Waals surface area contributed by atoms with Crippen molar-refractivity contribution in [3.8, 4) is 5.75 Å². The number of carbonyl (C=O) groups excluding carboxylic acids is 1. The fraction of sp³-hybridized carbons (Fsp3) is 0.632. The number of hydrogen-bond donors (Lipinski definition) is 3. The molecule has 0 saturated heterocycles. The van der Waals surface area contributed by atoms with Crippen molar-refractivity contribution in [1.82, 2.24) is 5.32 Å². The van der Waals surface area contributed by atoms with Gasteiger partial charge < -0.3 is 21.1 Å². The lowest BCUT2D eigenvalue weighted by Crippen LogP contribution is -2.47. The molecule has 1 aromatic rings. The molecule has 0 radical (unpaired) electrons. The molecule has 1 unspecified atom stereocenters. The van der Waals surface area contributed by atoms with E-state index in [1.54, 1.807) is 0 Å². The minimum absolute atomic E-state index is 0.163. The summed E-state index contributed by atoms with van der Waals surface area (Å²) in [5.41, 5.74) is 6.67. The van der Waals surface area contributed by atoms with Gasteiger partial charge in [0.1, 0.15) is 5.75 Å². The van der Waals surface area contributed by atoms with Gasteiger partial charge in [0.25, 0.3) is 0 Å². The van der Waals surface area contributed by atoms with Gasteiger partial charge in [-0.15, -0.1) is 13.2 Å². The summed E-state index contributed by atoms with van der Waals surface area (Å²) >= 11 is 0. The Kier molecular flexibility index (Phi) is 7.77. The second kappa shape index (κ2) is 9.82. The number of rotatable bonds is 8. The van der Waals surface area contributed by atoms with Gasteiger partial charge in [0, 0.05) is 18.3 Å². The van der Waals surface area contributed by atoms with Gasteiger partial charge in [-0.25, -0.2) is 0 Å². The van der Waals surface area contributed by atoms with Crippen LogP contribution in [0.4, 0.5) is 18.9 Å². The summed E-state index contributed by atoms with van der Waals surface area (Å²) in [6.45, 7) is 2.28. The smallest absolute Gasteiger partial charge is 0.406 e. The average Bonchev–Trinajstić information content (AvgIpc) is 2.60. The van der Waals surface area contributed by atoms with Crippen molar-refractivity contribution in [2.45, 2.75) is 63.9 Å². The molecule has 5 nitrogen and oxygen atoms in total. The van der Waals surface area contributed by atoms with Crippen LogP contribution in [0.1, 0.15) is 45.4 Å². The van der Waals surface area contributed by atoms with Crippen LogP contribution in [0.25, 0.3) is 0 Å². The Morgan fingerprint density at radius 3 is 2.44 bits per heavy atom. The molecule has 0 bridgehead atoms. The molecule has 1 saturated carbocycles. The Hall–Kier alpha value is -1.96. The van der Waals surface area contributed by atoms with E-state index in [9.17, 15) is 18.0 Å². The highest BCUT2D eigenvalue weighted by Crippen LogP contribution is 2.27. The number of alkyl halides is 3. The van der Waals surface area contributed by atoms with Gasteiger partial charge >= 0.3 is 6.36 Å². The van der Waals surface area contributed by atoms with Crippen LogP contribution in [0.3, 0.4) is 0 Å². The Bertz CT molecular complexity index is 587. The van der Waals surface area contributed by atoms with E-state index in [4.69, 9.17) is 5.73 Å². The maximum absolute atomic E-state index is 12.2. The first-order valence-corrected chi connectivity index (χ1v) is 9.38. The lowest BCUT2D eigenvalue weighted by atomic mass is 9.85. The van der Waals surface area contributed by atoms with Crippen LogP contribution in [0.5, 0.6) is 5.75 Å². The van der Waals surface area contributed by atoms with Crippen LogP contribution in [0.2, 0.25) is 0 Å². The molecule has 8 heteroatoms. The van der Waals surface area contributed by atoms with E-state index in [2.05, 4.69) is 15.4 Å². The average molecular weight is 387 g/mol. The number of anilines is 1. The van der Waals surface area contributed by atoms with Crippen LogP contribution < -0.4 is 21.1 Å². The number of nitrogens with one attached hydrogen (secondary N) is 2. The monoisotopic (exact) mass is 387 g/mol. The second-order valence-corrected chi connectivity index (χ2v) is 7.21. The van der Waals surface area contributed by atoms with Crippen molar-refractivity contribution >= 4 is 11.6 Å². The minimum atomic E-state index is -4.70. The molecule has 0 heterocycles. The second-order valence-electron chi connectivity index (χ2n) is 7.21. The predicted molar refractivity (Wildman–Crippen MR) is 98.4 cm³/mol. The number of halogens is 3. The van der Waals surface area contributed by atoms with Crippen LogP contribution >= 0.6 is 0 Å². The molecule has 2 atom stereocenters. The molecular formula is C19H28F3N3O2. The van der Waals surface area contributed by atoms with E-state index in [-0.39, 0.29) is 17.7 Å². The first kappa shape index (κ1) is 21.3. The van der Waals surface area contributed by atoms with Crippen molar-refractivity contribution in [2.24, 2.45) is 11.7 Å². The molecule has 1 amide bonds. The lowest BCUT2D eigenvalue weighted by Gasteiger charge is -2.25. The summed E-state index contributed by atoms with van der Waals surface area (Å²) in [5.74, 6) is 0.0947. The number of benzene rings is 1. The highest BCUT2D eigenvalue weighted by molar-refractivity contribution is 5.81. The maximum atomic E-state index is 12.2. The molecule has 1 aliphatic carbocycles. The number of nitrogens with two attached hydrogens (primary N) is 1. The highest BCUT2D eigenvalue weighted by Gasteiger charge is 2.31. The first-order chi connectivity index (χ1) is 12.7. The molecule has 0 spiro atoms. The summed E-state index contributed by atoms with van der Waals surface area (Å²) in [4.78, 5) is 12.2.